The zero-order chi connectivity index (χ0) is 22.2. The second-order valence-corrected chi connectivity index (χ2v) is 7.56. The molecule has 0 fully saturated rings. The van der Waals surface area contributed by atoms with Crippen LogP contribution in [0.4, 0.5) is 15.8 Å². The Morgan fingerprint density at radius 1 is 1.17 bits per heavy atom. The van der Waals surface area contributed by atoms with Crippen LogP contribution in [0.15, 0.2) is 18.2 Å². The molecule has 1 aromatic carbocycles. The molecule has 1 aromatic rings. The molecule has 13 heteroatoms. The van der Waals surface area contributed by atoms with Crippen molar-refractivity contribution in [3.05, 3.63) is 34.1 Å². The van der Waals surface area contributed by atoms with Crippen molar-refractivity contribution in [3.8, 4) is 0 Å². The van der Waals surface area contributed by atoms with Crippen LogP contribution in [0, 0.1) is 15.9 Å². The van der Waals surface area contributed by atoms with Gasteiger partial charge in [-0.15, -0.1) is 0 Å². The Morgan fingerprint density at radius 3 is 2.17 bits per heavy atom. The summed E-state index contributed by atoms with van der Waals surface area (Å²) in [6.45, 7) is 2.79. The topological polar surface area (TPSA) is 143 Å². The molecule has 0 saturated heterocycles. The van der Waals surface area contributed by atoms with Gasteiger partial charge in [-0.2, -0.15) is 4.39 Å². The van der Waals surface area contributed by atoms with Crippen LogP contribution in [0.5, 0.6) is 0 Å². The summed E-state index contributed by atoms with van der Waals surface area (Å²) in [5.41, 5.74) is -2.78. The minimum absolute atomic E-state index is 0.109. The van der Waals surface area contributed by atoms with Crippen molar-refractivity contribution in [2.24, 2.45) is 0 Å². The van der Waals surface area contributed by atoms with Crippen molar-refractivity contribution in [2.45, 2.75) is 25.5 Å². The van der Waals surface area contributed by atoms with E-state index in [9.17, 15) is 28.7 Å². The van der Waals surface area contributed by atoms with Gasteiger partial charge in [-0.3, -0.25) is 19.5 Å². The Labute approximate surface area is 166 Å². The summed E-state index contributed by atoms with van der Waals surface area (Å²) in [5, 5.41) is 13.5. The second-order valence-electron chi connectivity index (χ2n) is 5.41. The van der Waals surface area contributed by atoms with Gasteiger partial charge in [0.25, 0.3) is 0 Å². The first-order chi connectivity index (χ1) is 13.6. The normalized spacial score (nSPS) is 13.3. The van der Waals surface area contributed by atoms with Gasteiger partial charge in [0, 0.05) is 11.8 Å². The average Bonchev–Trinajstić information content (AvgIpc) is 2.67. The predicted molar refractivity (Wildman–Crippen MR) is 99.1 cm³/mol. The Bertz CT molecular complexity index is 795. The van der Waals surface area contributed by atoms with E-state index in [1.54, 1.807) is 0 Å². The standard InChI is InChI=1S/C16H22FN2O9P/c1-5-27-29(24,28-6-2)14(16(21)26-4)13(15(20)25-3)18-10-7-8-11(17)12(9-10)19(22)23/h7-9,13-14,18H,5-6H2,1-4H3. The fourth-order valence-corrected chi connectivity index (χ4v) is 4.48. The molecule has 0 bridgehead atoms. The number of esters is 2. The lowest BCUT2D eigenvalue weighted by atomic mass is 10.1. The summed E-state index contributed by atoms with van der Waals surface area (Å²) in [6.07, 6.45) is 0. The largest absolute Gasteiger partial charge is 0.468 e. The molecular weight excluding hydrogens is 414 g/mol. The molecule has 0 aliphatic rings. The molecule has 0 heterocycles. The number of carbonyl (C=O) groups excluding carboxylic acids is 2. The number of halogens is 1. The van der Waals surface area contributed by atoms with Crippen molar-refractivity contribution in [3.63, 3.8) is 0 Å². The number of nitro groups is 1. The number of methoxy groups -OCH3 is 2. The van der Waals surface area contributed by atoms with Crippen LogP contribution in [0.3, 0.4) is 0 Å². The smallest absolute Gasteiger partial charge is 0.347 e. The summed E-state index contributed by atoms with van der Waals surface area (Å²) in [4.78, 5) is 34.8. The lowest BCUT2D eigenvalue weighted by Crippen LogP contribution is -2.47. The number of carbonyl (C=O) groups is 2. The van der Waals surface area contributed by atoms with Crippen LogP contribution in [-0.2, 0) is 32.7 Å². The SMILES string of the molecule is CCOP(=O)(OCC)C(C(=O)OC)C(Nc1ccc(F)c([N+](=O)[O-])c1)C(=O)OC. The molecule has 0 radical (unpaired) electrons. The van der Waals surface area contributed by atoms with Gasteiger partial charge >= 0.3 is 25.2 Å². The Kier molecular flexibility index (Phi) is 9.15. The van der Waals surface area contributed by atoms with Crippen molar-refractivity contribution in [1.82, 2.24) is 0 Å². The average molecular weight is 436 g/mol. The van der Waals surface area contributed by atoms with Gasteiger partial charge < -0.3 is 23.8 Å². The van der Waals surface area contributed by atoms with Crippen LogP contribution in [-0.4, -0.2) is 56.0 Å². The quantitative estimate of drug-likeness (QED) is 0.238. The van der Waals surface area contributed by atoms with E-state index >= 15 is 0 Å². The van der Waals surface area contributed by atoms with Crippen molar-refractivity contribution >= 4 is 30.9 Å². The first-order valence-electron chi connectivity index (χ1n) is 8.40. The second kappa shape index (κ2) is 10.8. The summed E-state index contributed by atoms with van der Waals surface area (Å²) in [6, 6.07) is 1.03. The molecule has 11 nitrogen and oxygen atoms in total. The van der Waals surface area contributed by atoms with Gasteiger partial charge in [0.15, 0.2) is 5.66 Å². The highest BCUT2D eigenvalue weighted by Gasteiger charge is 2.51. The number of anilines is 1. The van der Waals surface area contributed by atoms with Gasteiger partial charge in [-0.05, 0) is 26.0 Å². The zero-order valence-electron chi connectivity index (χ0n) is 16.2. The molecule has 1 N–H and O–H groups in total. The molecular formula is C16H22FN2O9P. The van der Waals surface area contributed by atoms with E-state index in [-0.39, 0.29) is 18.9 Å². The molecule has 0 aliphatic carbocycles. The van der Waals surface area contributed by atoms with Crippen LogP contribution in [0.2, 0.25) is 0 Å². The third-order valence-corrected chi connectivity index (χ3v) is 6.06. The number of nitro benzene ring substituents is 1. The number of hydrogen-bond donors (Lipinski definition) is 1. The van der Waals surface area contributed by atoms with E-state index in [4.69, 9.17) is 9.05 Å². The molecule has 1 rings (SSSR count). The molecule has 0 spiro atoms. The van der Waals surface area contributed by atoms with Gasteiger partial charge in [0.2, 0.25) is 5.82 Å². The van der Waals surface area contributed by atoms with E-state index in [1.807, 2.05) is 0 Å². The van der Waals surface area contributed by atoms with E-state index < -0.39 is 47.7 Å². The molecule has 29 heavy (non-hydrogen) atoms. The van der Waals surface area contributed by atoms with Crippen molar-refractivity contribution < 1.29 is 42.0 Å². The third kappa shape index (κ3) is 5.96. The minimum Gasteiger partial charge on any atom is -0.468 e. The predicted octanol–water partition coefficient (Wildman–Crippen LogP) is 2.50. The number of nitrogens with one attached hydrogen (secondary N) is 1. The Hall–Kier alpha value is -2.56. The molecule has 0 aliphatic heterocycles. The van der Waals surface area contributed by atoms with E-state index in [2.05, 4.69) is 14.8 Å². The highest BCUT2D eigenvalue weighted by molar-refractivity contribution is 7.55. The fraction of sp³-hybridized carbons (Fsp3) is 0.500. The van der Waals surface area contributed by atoms with Gasteiger partial charge in [-0.1, -0.05) is 0 Å². The van der Waals surface area contributed by atoms with Crippen molar-refractivity contribution in [1.29, 1.82) is 0 Å². The zero-order valence-corrected chi connectivity index (χ0v) is 17.1. The highest BCUT2D eigenvalue weighted by Crippen LogP contribution is 2.55. The first-order valence-corrected chi connectivity index (χ1v) is 10.0. The summed E-state index contributed by atoms with van der Waals surface area (Å²) in [7, 11) is -2.22. The Balaban J connectivity index is 3.50. The lowest BCUT2D eigenvalue weighted by molar-refractivity contribution is -0.387. The molecule has 2 unspecified atom stereocenters. The molecule has 0 saturated carbocycles. The van der Waals surface area contributed by atoms with Crippen LogP contribution in [0.1, 0.15) is 13.8 Å². The van der Waals surface area contributed by atoms with Gasteiger partial charge in [0.05, 0.1) is 32.4 Å². The third-order valence-electron chi connectivity index (χ3n) is 3.64. The number of ether oxygens (including phenoxy) is 2. The molecule has 2 atom stereocenters. The van der Waals surface area contributed by atoms with Crippen molar-refractivity contribution in [2.75, 3.05) is 32.8 Å². The summed E-state index contributed by atoms with van der Waals surface area (Å²) >= 11 is 0. The molecule has 0 amide bonds. The highest BCUT2D eigenvalue weighted by atomic mass is 31.2. The van der Waals surface area contributed by atoms with Crippen LogP contribution in [0.25, 0.3) is 0 Å². The number of rotatable bonds is 11. The van der Waals surface area contributed by atoms with Crippen LogP contribution >= 0.6 is 7.60 Å². The maximum atomic E-state index is 13.6. The van der Waals surface area contributed by atoms with E-state index in [0.29, 0.717) is 0 Å². The van der Waals surface area contributed by atoms with E-state index in [0.717, 1.165) is 32.4 Å². The minimum atomic E-state index is -4.25. The number of benzene rings is 1. The first kappa shape index (κ1) is 24.5. The maximum absolute atomic E-state index is 13.6. The summed E-state index contributed by atoms with van der Waals surface area (Å²) < 4.78 is 46.5. The number of hydrogen-bond acceptors (Lipinski definition) is 10. The number of nitrogens with zero attached hydrogens (tertiary/aromatic N) is 1. The van der Waals surface area contributed by atoms with E-state index in [1.165, 1.54) is 13.8 Å². The summed E-state index contributed by atoms with van der Waals surface area (Å²) in [5.74, 6) is -3.25. The van der Waals surface area contributed by atoms with Gasteiger partial charge in [-0.25, -0.2) is 4.79 Å². The molecule has 0 aromatic heterocycles. The lowest BCUT2D eigenvalue weighted by Gasteiger charge is -2.30. The monoisotopic (exact) mass is 436 g/mol. The van der Waals surface area contributed by atoms with Gasteiger partial charge in [0.1, 0.15) is 6.04 Å². The maximum Gasteiger partial charge on any atom is 0.347 e. The molecule has 162 valence electrons. The fourth-order valence-electron chi connectivity index (χ4n) is 2.44. The van der Waals surface area contributed by atoms with Crippen LogP contribution < -0.4 is 5.32 Å². The Morgan fingerprint density at radius 2 is 1.72 bits per heavy atom.